The van der Waals surface area contributed by atoms with Gasteiger partial charge in [0.05, 0.1) is 24.2 Å². The Morgan fingerprint density at radius 2 is 1.86 bits per heavy atom. The zero-order valence-corrected chi connectivity index (χ0v) is 21.3. The first-order valence-electron chi connectivity index (χ1n) is 12.4. The second-order valence-corrected chi connectivity index (χ2v) is 10.3. The molecule has 3 aromatic rings. The van der Waals surface area contributed by atoms with Gasteiger partial charge in [-0.3, -0.25) is 15.3 Å². The number of nitrogens with zero attached hydrogens (tertiary/aromatic N) is 3. The Bertz CT molecular complexity index is 1270. The molecule has 1 amide bonds. The quantitative estimate of drug-likeness (QED) is 0.475. The van der Waals surface area contributed by atoms with E-state index in [0.717, 1.165) is 58.9 Å². The number of hydrogen-bond donors (Lipinski definition) is 2. The summed E-state index contributed by atoms with van der Waals surface area (Å²) in [6, 6.07) is 10.5. The fourth-order valence-electron chi connectivity index (χ4n) is 4.88. The van der Waals surface area contributed by atoms with Gasteiger partial charge in [0.1, 0.15) is 11.4 Å². The number of pyridine rings is 1. The standard InChI is InChI=1S/C28H33N5O3/c1-28(2,3)36-27(34)33-15-11-19(12-16-33)26-30-24(18-9-13-29-14-10-18)25(31-26)21-5-7-22-20(17-21)6-8-23(22)32-35-4/h5,7-10,13-14,17,19,32H,6,11-12,15-16H2,1-4H3,(H,30,31). The highest BCUT2D eigenvalue weighted by Gasteiger charge is 2.30. The van der Waals surface area contributed by atoms with E-state index < -0.39 is 5.60 Å². The van der Waals surface area contributed by atoms with Crippen LogP contribution in [0.25, 0.3) is 28.2 Å². The number of aromatic amines is 1. The summed E-state index contributed by atoms with van der Waals surface area (Å²) in [6.45, 7) is 6.99. The number of aromatic nitrogens is 3. The van der Waals surface area contributed by atoms with E-state index in [4.69, 9.17) is 14.6 Å². The van der Waals surface area contributed by atoms with E-state index in [-0.39, 0.29) is 12.0 Å². The lowest BCUT2D eigenvalue weighted by Gasteiger charge is -2.32. The van der Waals surface area contributed by atoms with Crippen LogP contribution in [-0.2, 0) is 16.0 Å². The number of amides is 1. The van der Waals surface area contributed by atoms with Crippen LogP contribution in [0.3, 0.4) is 0 Å². The summed E-state index contributed by atoms with van der Waals surface area (Å²) in [5.74, 6) is 1.20. The van der Waals surface area contributed by atoms with Crippen LogP contribution in [0.4, 0.5) is 4.79 Å². The number of carbonyl (C=O) groups excluding carboxylic acids is 1. The molecule has 1 aliphatic heterocycles. The van der Waals surface area contributed by atoms with Gasteiger partial charge in [0.2, 0.25) is 0 Å². The summed E-state index contributed by atoms with van der Waals surface area (Å²) < 4.78 is 5.56. The van der Waals surface area contributed by atoms with Gasteiger partial charge < -0.3 is 14.6 Å². The Balaban J connectivity index is 1.41. The van der Waals surface area contributed by atoms with Gasteiger partial charge >= 0.3 is 6.09 Å². The highest BCUT2D eigenvalue weighted by atomic mass is 16.6. The van der Waals surface area contributed by atoms with Crippen molar-refractivity contribution >= 4 is 11.8 Å². The number of nitrogens with one attached hydrogen (secondary N) is 2. The molecule has 0 radical (unpaired) electrons. The SMILES string of the molecule is CONC1=CCc2cc(-c3nc(C4CCN(C(=O)OC(C)(C)C)CC4)[nH]c3-c3ccncc3)ccc21. The van der Waals surface area contributed by atoms with E-state index in [1.54, 1.807) is 24.4 Å². The maximum absolute atomic E-state index is 12.5. The third-order valence-electron chi connectivity index (χ3n) is 6.63. The van der Waals surface area contributed by atoms with Crippen molar-refractivity contribution < 1.29 is 14.4 Å². The number of hydrogen-bond acceptors (Lipinski definition) is 6. The molecule has 1 aliphatic carbocycles. The van der Waals surface area contributed by atoms with Gasteiger partial charge in [-0.15, -0.1) is 0 Å². The number of hydroxylamine groups is 1. The maximum atomic E-state index is 12.5. The average Bonchev–Trinajstić information content (AvgIpc) is 3.48. The first kappa shape index (κ1) is 24.1. The van der Waals surface area contributed by atoms with Crippen molar-refractivity contribution in [3.63, 3.8) is 0 Å². The van der Waals surface area contributed by atoms with Crippen molar-refractivity contribution in [3.8, 4) is 22.5 Å². The van der Waals surface area contributed by atoms with Gasteiger partial charge in [-0.05, 0) is 63.8 Å². The van der Waals surface area contributed by atoms with E-state index in [1.165, 1.54) is 5.56 Å². The highest BCUT2D eigenvalue weighted by molar-refractivity contribution is 5.81. The molecule has 8 heteroatoms. The van der Waals surface area contributed by atoms with Crippen molar-refractivity contribution in [1.82, 2.24) is 25.3 Å². The third-order valence-corrected chi connectivity index (χ3v) is 6.63. The molecular formula is C28H33N5O3. The number of piperidine rings is 1. The first-order chi connectivity index (χ1) is 17.3. The predicted molar refractivity (Wildman–Crippen MR) is 139 cm³/mol. The van der Waals surface area contributed by atoms with E-state index in [0.29, 0.717) is 13.1 Å². The zero-order chi connectivity index (χ0) is 25.3. The monoisotopic (exact) mass is 487 g/mol. The van der Waals surface area contributed by atoms with Crippen LogP contribution in [-0.4, -0.2) is 51.7 Å². The number of carbonyl (C=O) groups is 1. The molecule has 1 aromatic carbocycles. The first-order valence-corrected chi connectivity index (χ1v) is 12.4. The second-order valence-electron chi connectivity index (χ2n) is 10.3. The fraction of sp³-hybridized carbons (Fsp3) is 0.393. The van der Waals surface area contributed by atoms with Crippen LogP contribution in [0.2, 0.25) is 0 Å². The number of allylic oxidation sites excluding steroid dienone is 1. The van der Waals surface area contributed by atoms with Crippen molar-refractivity contribution in [2.75, 3.05) is 20.2 Å². The number of imidazole rings is 1. The van der Waals surface area contributed by atoms with Crippen LogP contribution in [0.5, 0.6) is 0 Å². The summed E-state index contributed by atoms with van der Waals surface area (Å²) in [6.07, 6.45) is 8.01. The number of H-pyrrole nitrogens is 1. The molecule has 0 bridgehead atoms. The Morgan fingerprint density at radius 3 is 2.56 bits per heavy atom. The molecule has 2 aliphatic rings. The summed E-state index contributed by atoms with van der Waals surface area (Å²) in [5.41, 5.74) is 9.89. The van der Waals surface area contributed by atoms with Crippen LogP contribution >= 0.6 is 0 Å². The number of ether oxygens (including phenoxy) is 1. The van der Waals surface area contributed by atoms with E-state index in [2.05, 4.69) is 39.7 Å². The molecule has 2 aromatic heterocycles. The molecule has 3 heterocycles. The number of likely N-dealkylation sites (tertiary alicyclic amines) is 1. The molecule has 0 atom stereocenters. The van der Waals surface area contributed by atoms with E-state index in [1.807, 2.05) is 32.9 Å². The van der Waals surface area contributed by atoms with Gasteiger partial charge in [-0.2, -0.15) is 0 Å². The molecule has 1 fully saturated rings. The van der Waals surface area contributed by atoms with Crippen molar-refractivity contribution in [2.45, 2.75) is 51.6 Å². The molecule has 8 nitrogen and oxygen atoms in total. The van der Waals surface area contributed by atoms with Gasteiger partial charge in [-0.1, -0.05) is 18.2 Å². The van der Waals surface area contributed by atoms with Crippen molar-refractivity contribution in [1.29, 1.82) is 0 Å². The number of benzene rings is 1. The highest BCUT2D eigenvalue weighted by Crippen LogP contribution is 2.37. The lowest BCUT2D eigenvalue weighted by molar-refractivity contribution is 0.0203. The Labute approximate surface area is 211 Å². The molecule has 36 heavy (non-hydrogen) atoms. The Morgan fingerprint density at radius 1 is 1.11 bits per heavy atom. The smallest absolute Gasteiger partial charge is 0.410 e. The minimum absolute atomic E-state index is 0.242. The molecule has 0 unspecified atom stereocenters. The molecule has 188 valence electrons. The Kier molecular flexibility index (Phi) is 6.53. The minimum Gasteiger partial charge on any atom is -0.444 e. The second kappa shape index (κ2) is 9.78. The summed E-state index contributed by atoms with van der Waals surface area (Å²) in [4.78, 5) is 32.3. The van der Waals surface area contributed by atoms with Gasteiger partial charge in [0, 0.05) is 48.1 Å². The maximum Gasteiger partial charge on any atom is 0.410 e. The normalized spacial score (nSPS) is 16.0. The summed E-state index contributed by atoms with van der Waals surface area (Å²) in [7, 11) is 1.62. The van der Waals surface area contributed by atoms with E-state index in [9.17, 15) is 4.79 Å². The van der Waals surface area contributed by atoms with Crippen molar-refractivity contribution in [2.24, 2.45) is 0 Å². The van der Waals surface area contributed by atoms with Gasteiger partial charge in [0.25, 0.3) is 0 Å². The topological polar surface area (TPSA) is 92.4 Å². The molecular weight excluding hydrogens is 454 g/mol. The van der Waals surface area contributed by atoms with Crippen LogP contribution in [0, 0.1) is 0 Å². The molecule has 5 rings (SSSR count). The van der Waals surface area contributed by atoms with Crippen molar-refractivity contribution in [3.05, 3.63) is 65.8 Å². The van der Waals surface area contributed by atoms with Gasteiger partial charge in [-0.25, -0.2) is 9.78 Å². The Hall–Kier alpha value is -3.65. The minimum atomic E-state index is -0.491. The lowest BCUT2D eigenvalue weighted by atomic mass is 9.96. The fourth-order valence-corrected chi connectivity index (χ4v) is 4.88. The largest absolute Gasteiger partial charge is 0.444 e. The van der Waals surface area contributed by atoms with Crippen LogP contribution in [0.15, 0.2) is 48.8 Å². The summed E-state index contributed by atoms with van der Waals surface area (Å²) in [5, 5.41) is 0. The average molecular weight is 488 g/mol. The number of rotatable bonds is 5. The van der Waals surface area contributed by atoms with E-state index >= 15 is 0 Å². The van der Waals surface area contributed by atoms with Crippen LogP contribution < -0.4 is 5.48 Å². The number of fused-ring (bicyclic) bond motifs is 1. The summed E-state index contributed by atoms with van der Waals surface area (Å²) >= 11 is 0. The van der Waals surface area contributed by atoms with Gasteiger partial charge in [0.15, 0.2) is 0 Å². The predicted octanol–water partition coefficient (Wildman–Crippen LogP) is 5.30. The zero-order valence-electron chi connectivity index (χ0n) is 21.3. The molecule has 2 N–H and O–H groups in total. The lowest BCUT2D eigenvalue weighted by Crippen LogP contribution is -2.41. The molecule has 0 spiro atoms. The van der Waals surface area contributed by atoms with Crippen LogP contribution in [0.1, 0.15) is 56.5 Å². The molecule has 1 saturated heterocycles. The third kappa shape index (κ3) is 4.99. The molecule has 0 saturated carbocycles.